The summed E-state index contributed by atoms with van der Waals surface area (Å²) in [7, 11) is 1.80. The smallest absolute Gasteiger partial charge is 0.259 e. The van der Waals surface area contributed by atoms with Gasteiger partial charge in [0, 0.05) is 37.8 Å². The molecule has 3 aromatic heterocycles. The van der Waals surface area contributed by atoms with E-state index in [0.29, 0.717) is 5.82 Å². The highest BCUT2D eigenvalue weighted by molar-refractivity contribution is 5.72. The fourth-order valence-corrected chi connectivity index (χ4v) is 2.77. The van der Waals surface area contributed by atoms with E-state index in [2.05, 4.69) is 19.9 Å². The van der Waals surface area contributed by atoms with Gasteiger partial charge in [0.25, 0.3) is 5.54 Å². The number of aromatic nitrogens is 4. The zero-order valence-corrected chi connectivity index (χ0v) is 13.3. The number of rotatable bonds is 3. The molecule has 118 valence electrons. The van der Waals surface area contributed by atoms with Gasteiger partial charge in [-0.2, -0.15) is 5.10 Å². The molecule has 0 amide bonds. The van der Waals surface area contributed by atoms with Crippen molar-refractivity contribution in [2.24, 2.45) is 7.05 Å². The third-order valence-electron chi connectivity index (χ3n) is 4.56. The standard InChI is InChI=1S/C18H16N6/c1-20-18(7-8-18)13-4-6-15(22-10-13)12-3-5-16(21-9-12)14-11-23-24(2)17(14)19/h3-6,9-11H,7-8,19H2,2H3. The lowest BCUT2D eigenvalue weighted by atomic mass is 10.1. The highest BCUT2D eigenvalue weighted by Crippen LogP contribution is 2.49. The van der Waals surface area contributed by atoms with Crippen molar-refractivity contribution in [2.45, 2.75) is 18.4 Å². The summed E-state index contributed by atoms with van der Waals surface area (Å²) in [5.41, 5.74) is 10.1. The van der Waals surface area contributed by atoms with Crippen LogP contribution in [0.1, 0.15) is 18.4 Å². The second-order valence-electron chi connectivity index (χ2n) is 6.07. The first-order valence-electron chi connectivity index (χ1n) is 7.72. The molecule has 0 bridgehead atoms. The number of anilines is 1. The van der Waals surface area contributed by atoms with Gasteiger partial charge >= 0.3 is 0 Å². The maximum atomic E-state index is 7.32. The second kappa shape index (κ2) is 5.17. The normalized spacial score (nSPS) is 15.0. The molecular weight excluding hydrogens is 300 g/mol. The van der Waals surface area contributed by atoms with Crippen LogP contribution >= 0.6 is 0 Å². The van der Waals surface area contributed by atoms with Crippen LogP contribution < -0.4 is 5.73 Å². The molecule has 3 aromatic rings. The van der Waals surface area contributed by atoms with Crippen molar-refractivity contribution >= 4 is 5.82 Å². The Hall–Kier alpha value is -3.20. The Labute approximate surface area is 139 Å². The van der Waals surface area contributed by atoms with Crippen LogP contribution in [0.4, 0.5) is 5.82 Å². The van der Waals surface area contributed by atoms with Gasteiger partial charge in [0.05, 0.1) is 28.7 Å². The topological polar surface area (TPSA) is 74.0 Å². The van der Waals surface area contributed by atoms with Gasteiger partial charge in [-0.1, -0.05) is 0 Å². The third-order valence-corrected chi connectivity index (χ3v) is 4.56. The van der Waals surface area contributed by atoms with Crippen LogP contribution in [0.25, 0.3) is 27.4 Å². The Morgan fingerprint density at radius 3 is 2.33 bits per heavy atom. The molecule has 1 saturated carbocycles. The van der Waals surface area contributed by atoms with Gasteiger partial charge in [0.15, 0.2) is 0 Å². The second-order valence-corrected chi connectivity index (χ2v) is 6.07. The van der Waals surface area contributed by atoms with E-state index < -0.39 is 0 Å². The minimum absolute atomic E-state index is 0.314. The lowest BCUT2D eigenvalue weighted by molar-refractivity contribution is 0.779. The van der Waals surface area contributed by atoms with E-state index in [1.807, 2.05) is 30.5 Å². The summed E-state index contributed by atoms with van der Waals surface area (Å²) >= 11 is 0. The molecule has 0 unspecified atom stereocenters. The maximum absolute atomic E-state index is 7.32. The monoisotopic (exact) mass is 316 g/mol. The molecule has 6 nitrogen and oxygen atoms in total. The van der Waals surface area contributed by atoms with Crippen LogP contribution in [0.5, 0.6) is 0 Å². The van der Waals surface area contributed by atoms with Crippen molar-refractivity contribution in [1.82, 2.24) is 19.7 Å². The number of hydrogen-bond acceptors (Lipinski definition) is 4. The van der Waals surface area contributed by atoms with Crippen molar-refractivity contribution in [3.8, 4) is 22.5 Å². The lowest BCUT2D eigenvalue weighted by Crippen LogP contribution is -2.00. The van der Waals surface area contributed by atoms with Crippen molar-refractivity contribution < 1.29 is 0 Å². The number of nitrogens with two attached hydrogens (primary N) is 1. The quantitative estimate of drug-likeness (QED) is 0.754. The zero-order chi connectivity index (χ0) is 16.7. The van der Waals surface area contributed by atoms with Gasteiger partial charge in [-0.05, 0) is 24.3 Å². The summed E-state index contributed by atoms with van der Waals surface area (Å²) in [5.74, 6) is 0.589. The first-order chi connectivity index (χ1) is 11.6. The van der Waals surface area contributed by atoms with Crippen molar-refractivity contribution in [3.63, 3.8) is 0 Å². The van der Waals surface area contributed by atoms with E-state index >= 15 is 0 Å². The van der Waals surface area contributed by atoms with E-state index in [1.165, 1.54) is 0 Å². The summed E-state index contributed by atoms with van der Waals surface area (Å²) in [6.45, 7) is 7.32. The third kappa shape index (κ3) is 2.22. The summed E-state index contributed by atoms with van der Waals surface area (Å²) in [6.07, 6.45) is 7.17. The van der Waals surface area contributed by atoms with Crippen LogP contribution in [0.15, 0.2) is 42.9 Å². The average molecular weight is 316 g/mol. The molecule has 0 saturated heterocycles. The average Bonchev–Trinajstić information content (AvgIpc) is 3.37. The van der Waals surface area contributed by atoms with Crippen LogP contribution in [0, 0.1) is 6.57 Å². The molecule has 2 N–H and O–H groups in total. The highest BCUT2D eigenvalue weighted by atomic mass is 15.3. The lowest BCUT2D eigenvalue weighted by Gasteiger charge is -2.05. The molecule has 6 heteroatoms. The summed E-state index contributed by atoms with van der Waals surface area (Å²) in [4.78, 5) is 12.7. The molecule has 1 fully saturated rings. The maximum Gasteiger partial charge on any atom is 0.259 e. The van der Waals surface area contributed by atoms with Crippen molar-refractivity contribution in [2.75, 3.05) is 5.73 Å². The molecule has 0 aromatic carbocycles. The van der Waals surface area contributed by atoms with Gasteiger partial charge in [0.1, 0.15) is 5.82 Å². The number of nitrogens with zero attached hydrogens (tertiary/aromatic N) is 5. The van der Waals surface area contributed by atoms with Crippen molar-refractivity contribution in [3.05, 3.63) is 59.8 Å². The molecule has 0 spiro atoms. The minimum Gasteiger partial charge on any atom is -0.383 e. The van der Waals surface area contributed by atoms with Crippen LogP contribution in [-0.2, 0) is 12.6 Å². The molecule has 0 radical (unpaired) electrons. The van der Waals surface area contributed by atoms with Crippen LogP contribution in [0.2, 0.25) is 0 Å². The molecule has 24 heavy (non-hydrogen) atoms. The van der Waals surface area contributed by atoms with E-state index in [1.54, 1.807) is 24.1 Å². The van der Waals surface area contributed by atoms with Gasteiger partial charge in [0.2, 0.25) is 0 Å². The Bertz CT molecular complexity index is 927. The number of hydrogen-bond donors (Lipinski definition) is 1. The Kier molecular flexibility index (Phi) is 3.10. The number of aryl methyl sites for hydroxylation is 1. The van der Waals surface area contributed by atoms with E-state index in [0.717, 1.165) is 40.9 Å². The molecule has 4 rings (SSSR count). The van der Waals surface area contributed by atoms with Gasteiger partial charge in [-0.3, -0.25) is 14.6 Å². The van der Waals surface area contributed by atoms with E-state index in [4.69, 9.17) is 12.3 Å². The molecule has 0 atom stereocenters. The van der Waals surface area contributed by atoms with Crippen LogP contribution in [-0.4, -0.2) is 19.7 Å². The number of nitrogen functional groups attached to an aromatic ring is 1. The minimum atomic E-state index is -0.314. The van der Waals surface area contributed by atoms with Gasteiger partial charge in [-0.25, -0.2) is 6.57 Å². The Morgan fingerprint density at radius 1 is 1.08 bits per heavy atom. The molecule has 3 heterocycles. The Morgan fingerprint density at radius 2 is 1.83 bits per heavy atom. The first kappa shape index (κ1) is 14.4. The summed E-state index contributed by atoms with van der Waals surface area (Å²) in [5, 5.41) is 4.13. The largest absolute Gasteiger partial charge is 0.383 e. The van der Waals surface area contributed by atoms with Gasteiger partial charge in [-0.15, -0.1) is 0 Å². The van der Waals surface area contributed by atoms with E-state index in [-0.39, 0.29) is 5.54 Å². The number of pyridine rings is 2. The molecular formula is C18H16N6. The highest BCUT2D eigenvalue weighted by Gasteiger charge is 2.52. The molecule has 1 aliphatic carbocycles. The van der Waals surface area contributed by atoms with Crippen LogP contribution in [0.3, 0.4) is 0 Å². The predicted molar refractivity (Wildman–Crippen MR) is 91.6 cm³/mol. The van der Waals surface area contributed by atoms with Gasteiger partial charge < -0.3 is 10.6 Å². The molecule has 1 aliphatic rings. The fourth-order valence-electron chi connectivity index (χ4n) is 2.77. The summed E-state index contributed by atoms with van der Waals surface area (Å²) < 4.78 is 1.62. The Balaban J connectivity index is 1.61. The molecule has 0 aliphatic heterocycles. The summed E-state index contributed by atoms with van der Waals surface area (Å²) in [6, 6.07) is 7.84. The zero-order valence-electron chi connectivity index (χ0n) is 13.3. The SMILES string of the molecule is [C-]#[N+]C1(c2ccc(-c3ccc(-c4cnn(C)c4N)nc3)nc2)CC1. The van der Waals surface area contributed by atoms with E-state index in [9.17, 15) is 0 Å². The fraction of sp³-hybridized carbons (Fsp3) is 0.222. The van der Waals surface area contributed by atoms with Crippen molar-refractivity contribution in [1.29, 1.82) is 0 Å². The first-order valence-corrected chi connectivity index (χ1v) is 7.72. The predicted octanol–water partition coefficient (Wildman–Crippen LogP) is 3.03.